The monoisotopic (exact) mass is 474 g/mol. The lowest BCUT2D eigenvalue weighted by molar-refractivity contribution is -0.116. The number of halogens is 2. The zero-order chi connectivity index (χ0) is 24.4. The SMILES string of the molecule is C=CC(=O)NCc1cc2c(cn1)CN(c1c(F)c(OC)cc(OC)c1F)C(=O)N2C1CCOC1. The molecule has 0 saturated carbocycles. The topological polar surface area (TPSA) is 93.2 Å². The molecular weight excluding hydrogens is 450 g/mol. The van der Waals surface area contributed by atoms with Gasteiger partial charge in [0.2, 0.25) is 5.91 Å². The summed E-state index contributed by atoms with van der Waals surface area (Å²) < 4.78 is 46.0. The van der Waals surface area contributed by atoms with Gasteiger partial charge in [0.15, 0.2) is 23.1 Å². The van der Waals surface area contributed by atoms with Gasteiger partial charge < -0.3 is 19.5 Å². The molecule has 180 valence electrons. The third-order valence-electron chi connectivity index (χ3n) is 5.76. The van der Waals surface area contributed by atoms with Gasteiger partial charge in [-0.2, -0.15) is 0 Å². The van der Waals surface area contributed by atoms with Crippen molar-refractivity contribution in [2.24, 2.45) is 0 Å². The average Bonchev–Trinajstić information content (AvgIpc) is 3.37. The first-order chi connectivity index (χ1) is 16.4. The highest BCUT2D eigenvalue weighted by molar-refractivity contribution is 6.07. The van der Waals surface area contributed by atoms with E-state index in [1.165, 1.54) is 25.3 Å². The first-order valence-electron chi connectivity index (χ1n) is 10.6. The van der Waals surface area contributed by atoms with Crippen LogP contribution in [0.1, 0.15) is 17.7 Å². The molecule has 1 aromatic heterocycles. The fourth-order valence-electron chi connectivity index (χ4n) is 4.04. The van der Waals surface area contributed by atoms with Crippen LogP contribution in [0.4, 0.5) is 25.0 Å². The van der Waals surface area contributed by atoms with E-state index in [0.29, 0.717) is 30.0 Å². The number of pyridine rings is 1. The Hall–Kier alpha value is -3.73. The molecule has 3 amide bonds. The van der Waals surface area contributed by atoms with Crippen LogP contribution in [0.15, 0.2) is 31.0 Å². The number of carbonyl (C=O) groups excluding carboxylic acids is 2. The lowest BCUT2D eigenvalue weighted by atomic mass is 10.1. The second kappa shape index (κ2) is 9.64. The predicted octanol–water partition coefficient (Wildman–Crippen LogP) is 2.91. The minimum absolute atomic E-state index is 0.126. The van der Waals surface area contributed by atoms with Crippen LogP contribution in [0, 0.1) is 11.6 Å². The van der Waals surface area contributed by atoms with E-state index in [1.807, 2.05) is 0 Å². The minimum atomic E-state index is -1.02. The molecule has 1 unspecified atom stereocenters. The maximum absolute atomic E-state index is 15.2. The number of fused-ring (bicyclic) bond motifs is 1. The Labute approximate surface area is 194 Å². The Balaban J connectivity index is 1.79. The van der Waals surface area contributed by atoms with Gasteiger partial charge in [0.25, 0.3) is 0 Å². The standard InChI is InChI=1S/C23H24F2N4O5/c1-4-19(30)27-10-14-7-16-13(9-26-14)11-28(23(31)29(16)15-5-6-34-12-15)22-20(24)17(32-2)8-18(33-3)21(22)25/h4,7-9,15H,1,5-6,10-12H2,2-3H3,(H,27,30). The van der Waals surface area contributed by atoms with Crippen LogP contribution in [0.2, 0.25) is 0 Å². The first kappa shape index (κ1) is 23.4. The molecular formula is C23H24F2N4O5. The molecule has 1 aromatic carbocycles. The Kier molecular flexibility index (Phi) is 6.64. The number of aromatic nitrogens is 1. The normalized spacial score (nSPS) is 17.4. The van der Waals surface area contributed by atoms with Crippen molar-refractivity contribution in [1.82, 2.24) is 10.3 Å². The number of nitrogens with zero attached hydrogens (tertiary/aromatic N) is 3. The first-order valence-corrected chi connectivity index (χ1v) is 10.6. The predicted molar refractivity (Wildman–Crippen MR) is 119 cm³/mol. The number of ether oxygens (including phenoxy) is 3. The number of rotatable bonds is 7. The molecule has 1 saturated heterocycles. The number of anilines is 2. The van der Waals surface area contributed by atoms with Gasteiger partial charge in [-0.1, -0.05) is 6.58 Å². The number of urea groups is 1. The number of hydrogen-bond donors (Lipinski definition) is 1. The van der Waals surface area contributed by atoms with Crippen LogP contribution >= 0.6 is 0 Å². The van der Waals surface area contributed by atoms with E-state index in [4.69, 9.17) is 14.2 Å². The van der Waals surface area contributed by atoms with E-state index < -0.39 is 23.4 Å². The fraction of sp³-hybridized carbons (Fsp3) is 0.348. The molecule has 0 aliphatic carbocycles. The van der Waals surface area contributed by atoms with Gasteiger partial charge in [-0.25, -0.2) is 13.6 Å². The van der Waals surface area contributed by atoms with Crippen LogP contribution in [0.3, 0.4) is 0 Å². The Morgan fingerprint density at radius 3 is 2.59 bits per heavy atom. The van der Waals surface area contributed by atoms with Crippen molar-refractivity contribution >= 4 is 23.3 Å². The van der Waals surface area contributed by atoms with Gasteiger partial charge in [-0.05, 0) is 18.6 Å². The maximum atomic E-state index is 15.2. The van der Waals surface area contributed by atoms with Crippen molar-refractivity contribution < 1.29 is 32.6 Å². The molecule has 9 nitrogen and oxygen atoms in total. The van der Waals surface area contributed by atoms with Gasteiger partial charge in [-0.3, -0.25) is 19.6 Å². The summed E-state index contributed by atoms with van der Waals surface area (Å²) in [7, 11) is 2.48. The molecule has 34 heavy (non-hydrogen) atoms. The third kappa shape index (κ3) is 4.14. The largest absolute Gasteiger partial charge is 0.493 e. The number of methoxy groups -OCH3 is 2. The van der Waals surface area contributed by atoms with Crippen molar-refractivity contribution in [3.05, 3.63) is 53.9 Å². The van der Waals surface area contributed by atoms with Crippen molar-refractivity contribution in [2.75, 3.05) is 37.2 Å². The lowest BCUT2D eigenvalue weighted by Gasteiger charge is -2.40. The van der Waals surface area contributed by atoms with Crippen molar-refractivity contribution in [1.29, 1.82) is 0 Å². The summed E-state index contributed by atoms with van der Waals surface area (Å²) in [6.45, 7) is 4.13. The summed E-state index contributed by atoms with van der Waals surface area (Å²) in [5.41, 5.74) is 1.06. The summed E-state index contributed by atoms with van der Waals surface area (Å²) in [6.07, 6.45) is 3.23. The molecule has 2 aliphatic rings. The van der Waals surface area contributed by atoms with Crippen LogP contribution in [-0.4, -0.2) is 50.4 Å². The van der Waals surface area contributed by atoms with Gasteiger partial charge in [0, 0.05) is 24.4 Å². The van der Waals surface area contributed by atoms with E-state index in [-0.39, 0.29) is 43.1 Å². The van der Waals surface area contributed by atoms with E-state index in [9.17, 15) is 9.59 Å². The number of hydrogen-bond acceptors (Lipinski definition) is 6. The molecule has 3 heterocycles. The summed E-state index contributed by atoms with van der Waals surface area (Å²) in [6, 6.07) is 1.81. The Morgan fingerprint density at radius 1 is 1.29 bits per heavy atom. The second-order valence-electron chi connectivity index (χ2n) is 7.74. The number of carbonyl (C=O) groups is 2. The fourth-order valence-corrected chi connectivity index (χ4v) is 4.04. The van der Waals surface area contributed by atoms with Crippen molar-refractivity contribution in [2.45, 2.75) is 25.6 Å². The van der Waals surface area contributed by atoms with Gasteiger partial charge in [0.05, 0.1) is 51.3 Å². The molecule has 0 bridgehead atoms. The summed E-state index contributed by atoms with van der Waals surface area (Å²) in [5.74, 6) is -2.90. The molecule has 2 aliphatic heterocycles. The van der Waals surface area contributed by atoms with Crippen molar-refractivity contribution in [3.63, 3.8) is 0 Å². The van der Waals surface area contributed by atoms with Crippen LogP contribution in [0.25, 0.3) is 0 Å². The van der Waals surface area contributed by atoms with Crippen molar-refractivity contribution in [3.8, 4) is 11.5 Å². The quantitative estimate of drug-likeness (QED) is 0.621. The number of nitrogens with one attached hydrogen (secondary N) is 1. The molecule has 1 atom stereocenters. The zero-order valence-corrected chi connectivity index (χ0v) is 18.8. The van der Waals surface area contributed by atoms with E-state index >= 15 is 8.78 Å². The lowest BCUT2D eigenvalue weighted by Crippen LogP contribution is -2.53. The highest BCUT2D eigenvalue weighted by Crippen LogP contribution is 2.41. The zero-order valence-electron chi connectivity index (χ0n) is 18.8. The van der Waals surface area contributed by atoms with Gasteiger partial charge in [-0.15, -0.1) is 0 Å². The molecule has 1 fully saturated rings. The summed E-state index contributed by atoms with van der Waals surface area (Å²) in [5, 5.41) is 2.64. The molecule has 0 spiro atoms. The summed E-state index contributed by atoms with van der Waals surface area (Å²) >= 11 is 0. The molecule has 0 radical (unpaired) electrons. The molecule has 11 heteroatoms. The highest BCUT2D eigenvalue weighted by Gasteiger charge is 2.40. The van der Waals surface area contributed by atoms with E-state index in [0.717, 1.165) is 17.0 Å². The minimum Gasteiger partial charge on any atom is -0.493 e. The van der Waals surface area contributed by atoms with Crippen LogP contribution in [0.5, 0.6) is 11.5 Å². The Morgan fingerprint density at radius 2 is 2.00 bits per heavy atom. The Bertz CT molecular complexity index is 1110. The molecule has 2 aromatic rings. The second-order valence-corrected chi connectivity index (χ2v) is 7.74. The molecule has 4 rings (SSSR count). The highest BCUT2D eigenvalue weighted by atomic mass is 19.1. The van der Waals surface area contributed by atoms with E-state index in [2.05, 4.69) is 16.9 Å². The van der Waals surface area contributed by atoms with Gasteiger partial charge >= 0.3 is 6.03 Å². The van der Waals surface area contributed by atoms with Gasteiger partial charge in [0.1, 0.15) is 5.69 Å². The maximum Gasteiger partial charge on any atom is 0.329 e. The van der Waals surface area contributed by atoms with Crippen LogP contribution < -0.4 is 24.6 Å². The third-order valence-corrected chi connectivity index (χ3v) is 5.76. The smallest absolute Gasteiger partial charge is 0.329 e. The summed E-state index contributed by atoms with van der Waals surface area (Å²) in [4.78, 5) is 32.0. The number of benzene rings is 1. The van der Waals surface area contributed by atoms with E-state index in [1.54, 1.807) is 6.07 Å². The number of amides is 3. The molecule has 1 N–H and O–H groups in total. The van der Waals surface area contributed by atoms with Crippen LogP contribution in [-0.2, 0) is 22.6 Å². The average molecular weight is 474 g/mol.